The Labute approximate surface area is 217 Å². The van der Waals surface area contributed by atoms with Gasteiger partial charge in [0.25, 0.3) is 0 Å². The van der Waals surface area contributed by atoms with Gasteiger partial charge in [0.15, 0.2) is 0 Å². The van der Waals surface area contributed by atoms with Crippen molar-refractivity contribution in [2.24, 2.45) is 0 Å². The van der Waals surface area contributed by atoms with Gasteiger partial charge >= 0.3 is 42.6 Å². The van der Waals surface area contributed by atoms with E-state index in [1.807, 2.05) is 0 Å². The van der Waals surface area contributed by atoms with Gasteiger partial charge in [0.2, 0.25) is 0 Å². The van der Waals surface area contributed by atoms with E-state index in [0.29, 0.717) is 0 Å². The van der Waals surface area contributed by atoms with Gasteiger partial charge in [-0.2, -0.15) is 22.9 Å². The van der Waals surface area contributed by atoms with Crippen LogP contribution >= 0.6 is 27.9 Å². The van der Waals surface area contributed by atoms with Crippen molar-refractivity contribution >= 4 is 51.5 Å². The molecule has 0 fully saturated rings. The van der Waals surface area contributed by atoms with Gasteiger partial charge in [0.1, 0.15) is 0 Å². The summed E-state index contributed by atoms with van der Waals surface area (Å²) in [6, 6.07) is 32.0. The minimum absolute atomic E-state index is 1.29. The number of benzene rings is 3. The fourth-order valence-electron chi connectivity index (χ4n) is 4.59. The number of halogens is 3. The molecule has 0 bridgehead atoms. The molecule has 0 amide bonds. The first-order valence-corrected chi connectivity index (χ1v) is 19.9. The summed E-state index contributed by atoms with van der Waals surface area (Å²) in [6.07, 6.45) is 0. The van der Waals surface area contributed by atoms with Crippen LogP contribution in [0.25, 0.3) is 11.1 Å². The molecule has 0 nitrogen and oxygen atoms in total. The Hall–Kier alpha value is -1.19. The van der Waals surface area contributed by atoms with Crippen LogP contribution in [0.1, 0.15) is 22.3 Å². The molecule has 0 spiro atoms. The first-order valence-electron chi connectivity index (χ1n) is 10.9. The molecule has 0 aliphatic rings. The minimum atomic E-state index is -2.12. The molecule has 33 heavy (non-hydrogen) atoms. The predicted molar refractivity (Wildman–Crippen MR) is 147 cm³/mol. The van der Waals surface area contributed by atoms with Crippen molar-refractivity contribution in [2.75, 3.05) is 0 Å². The Bertz CT molecular complexity index is 1120. The number of hydrogen-bond acceptors (Lipinski definition) is 0. The zero-order valence-corrected chi connectivity index (χ0v) is 24.5. The number of hydrogen-bond donors (Lipinski definition) is 0. The summed E-state index contributed by atoms with van der Waals surface area (Å²) in [5.74, 6) is 0. The maximum atomic E-state index is 4.97. The molecule has 0 heterocycles. The Kier molecular flexibility index (Phi) is 9.20. The van der Waals surface area contributed by atoms with E-state index in [-0.39, 0.29) is 0 Å². The standard InChI is InChI=1S/C28H29Si.3ClH.Ti/c1-20-13-21(2)16-27(15-20)29(5,28-17-22(3)14-23(4)18-28)26-12-11-25(19-26)24-9-7-6-8-10-24;;;;/h6-19H,1-5H3;3*1H;/q-1;;;;+4/p-3. The fourth-order valence-corrected chi connectivity index (χ4v) is 8.52. The average molecular weight is 548 g/mol. The zero-order chi connectivity index (χ0) is 24.2. The van der Waals surface area contributed by atoms with Crippen LogP contribution < -0.4 is 15.6 Å². The summed E-state index contributed by atoms with van der Waals surface area (Å²) >= 11 is -1.92. The Balaban J connectivity index is 0.000000709. The summed E-state index contributed by atoms with van der Waals surface area (Å²) in [6.45, 7) is 11.4. The van der Waals surface area contributed by atoms with Crippen molar-refractivity contribution in [3.05, 3.63) is 107 Å². The van der Waals surface area contributed by atoms with Crippen molar-refractivity contribution in [3.8, 4) is 11.1 Å². The summed E-state index contributed by atoms with van der Waals surface area (Å²) in [5.41, 5.74) is 7.98. The van der Waals surface area contributed by atoms with Crippen LogP contribution in [-0.2, 0) is 14.7 Å². The molecule has 0 radical (unpaired) electrons. The van der Waals surface area contributed by atoms with Gasteiger partial charge in [-0.05, 0) is 27.7 Å². The van der Waals surface area contributed by atoms with Crippen molar-refractivity contribution in [2.45, 2.75) is 34.2 Å². The Morgan fingerprint density at radius 1 is 0.636 bits per heavy atom. The molecule has 0 aromatic heterocycles. The molecule has 0 unspecified atom stereocenters. The van der Waals surface area contributed by atoms with Gasteiger partial charge in [-0.15, -0.1) is 0 Å². The summed E-state index contributed by atoms with van der Waals surface area (Å²) < 4.78 is 0. The van der Waals surface area contributed by atoms with E-state index in [1.54, 1.807) is 0 Å². The zero-order valence-electron chi connectivity index (χ0n) is 19.7. The second kappa shape index (κ2) is 11.5. The molecule has 0 saturated heterocycles. The number of rotatable bonds is 4. The third-order valence-corrected chi connectivity index (χ3v) is 10.4. The Morgan fingerprint density at radius 2 is 1.06 bits per heavy atom. The van der Waals surface area contributed by atoms with Gasteiger partial charge in [-0.3, -0.25) is 0 Å². The van der Waals surface area contributed by atoms with E-state index in [2.05, 4.69) is 119 Å². The molecule has 4 aromatic carbocycles. The van der Waals surface area contributed by atoms with Crippen LogP contribution in [-0.4, -0.2) is 8.07 Å². The van der Waals surface area contributed by atoms with Crippen LogP contribution in [0.2, 0.25) is 6.55 Å². The molecule has 0 aliphatic heterocycles. The fraction of sp³-hybridized carbons (Fsp3) is 0.179. The summed E-state index contributed by atoms with van der Waals surface area (Å²) in [7, 11) is 12.8. The van der Waals surface area contributed by atoms with E-state index in [0.717, 1.165) is 0 Å². The van der Waals surface area contributed by atoms with Gasteiger partial charge in [-0.1, -0.05) is 111 Å². The first kappa shape index (κ1) is 26.4. The molecule has 4 rings (SSSR count). The molecular weight excluding hydrogens is 519 g/mol. The van der Waals surface area contributed by atoms with Gasteiger partial charge in [0.05, 0.1) is 8.07 Å². The maximum absolute atomic E-state index is 4.97. The normalized spacial score (nSPS) is 11.0. The molecule has 170 valence electrons. The van der Waals surface area contributed by atoms with Gasteiger partial charge < -0.3 is 0 Å². The predicted octanol–water partition coefficient (Wildman–Crippen LogP) is 7.47. The summed E-state index contributed by atoms with van der Waals surface area (Å²) in [4.78, 5) is 0. The third-order valence-electron chi connectivity index (χ3n) is 6.04. The molecule has 0 atom stereocenters. The van der Waals surface area contributed by atoms with Crippen molar-refractivity contribution in [1.29, 1.82) is 0 Å². The molecule has 0 N–H and O–H groups in total. The SMILES string of the molecule is Cc1cc(C)cc([Si](C)(c2cc(C)cc(C)c2)[c-]2ccc(-c3ccccc3)c2)c1.[Cl][Ti+]([Cl])[Cl]. The first-order chi connectivity index (χ1) is 15.6. The molecule has 4 aromatic rings. The Morgan fingerprint density at radius 3 is 1.48 bits per heavy atom. The monoisotopic (exact) mass is 546 g/mol. The van der Waals surface area contributed by atoms with Crippen LogP contribution in [0.3, 0.4) is 0 Å². The molecule has 5 heteroatoms. The topological polar surface area (TPSA) is 0 Å². The van der Waals surface area contributed by atoms with Crippen molar-refractivity contribution in [3.63, 3.8) is 0 Å². The average Bonchev–Trinajstić information content (AvgIpc) is 3.23. The van der Waals surface area contributed by atoms with E-state index < -0.39 is 22.8 Å². The molecular formula is C28H29Cl3SiTi. The van der Waals surface area contributed by atoms with Crippen LogP contribution in [0, 0.1) is 27.7 Å². The number of aryl methyl sites for hydroxylation is 4. The second-order valence-electron chi connectivity index (χ2n) is 8.85. The van der Waals surface area contributed by atoms with Crippen molar-refractivity contribution < 1.29 is 14.7 Å². The van der Waals surface area contributed by atoms with E-state index >= 15 is 0 Å². The quantitative estimate of drug-likeness (QED) is 0.184. The second-order valence-corrected chi connectivity index (χ2v) is 20.6. The van der Waals surface area contributed by atoms with Crippen LogP contribution in [0.15, 0.2) is 84.9 Å². The van der Waals surface area contributed by atoms with Crippen molar-refractivity contribution in [1.82, 2.24) is 0 Å². The van der Waals surface area contributed by atoms with E-state index in [9.17, 15) is 0 Å². The molecule has 0 aliphatic carbocycles. The van der Waals surface area contributed by atoms with Crippen LogP contribution in [0.5, 0.6) is 0 Å². The third kappa shape index (κ3) is 6.69. The van der Waals surface area contributed by atoms with Gasteiger partial charge in [-0.25, -0.2) is 6.07 Å². The summed E-state index contributed by atoms with van der Waals surface area (Å²) in [5, 5.41) is 4.46. The van der Waals surface area contributed by atoms with Crippen LogP contribution in [0.4, 0.5) is 0 Å². The van der Waals surface area contributed by atoms with E-state index in [1.165, 1.54) is 48.9 Å². The molecule has 0 saturated carbocycles. The van der Waals surface area contributed by atoms with Gasteiger partial charge in [0, 0.05) is 0 Å². The van der Waals surface area contributed by atoms with E-state index in [4.69, 9.17) is 27.9 Å².